The normalized spacial score (nSPS) is 19.0. The summed E-state index contributed by atoms with van der Waals surface area (Å²) >= 11 is 0. The van der Waals surface area contributed by atoms with Gasteiger partial charge in [0.15, 0.2) is 0 Å². The van der Waals surface area contributed by atoms with E-state index < -0.39 is 11.6 Å². The molecule has 2 aliphatic heterocycles. The van der Waals surface area contributed by atoms with Crippen LogP contribution in [0.5, 0.6) is 0 Å². The van der Waals surface area contributed by atoms with Crippen LogP contribution in [0.15, 0.2) is 48.8 Å². The van der Waals surface area contributed by atoms with Gasteiger partial charge >= 0.3 is 6.03 Å². The van der Waals surface area contributed by atoms with E-state index in [1.165, 1.54) is 0 Å². The van der Waals surface area contributed by atoms with E-state index >= 15 is 0 Å². The molecule has 7 heteroatoms. The summed E-state index contributed by atoms with van der Waals surface area (Å²) in [5, 5.41) is 4.98. The van der Waals surface area contributed by atoms with Gasteiger partial charge in [-0.2, -0.15) is 0 Å². The number of hydrogen-bond acceptors (Lipinski definition) is 3. The van der Waals surface area contributed by atoms with E-state index in [0.717, 1.165) is 5.69 Å². The Labute approximate surface area is 144 Å². The molecule has 0 atom stereocenters. The first-order valence-electron chi connectivity index (χ1n) is 8.24. The number of urea groups is 1. The summed E-state index contributed by atoms with van der Waals surface area (Å²) < 4.78 is 1.97. The van der Waals surface area contributed by atoms with Crippen molar-refractivity contribution in [3.63, 3.8) is 0 Å². The first-order valence-corrected chi connectivity index (χ1v) is 8.24. The number of piperidine rings is 1. The molecule has 0 bridgehead atoms. The Morgan fingerprint density at radius 3 is 2.20 bits per heavy atom. The first kappa shape index (κ1) is 15.4. The second-order valence-corrected chi connectivity index (χ2v) is 6.42. The zero-order valence-corrected chi connectivity index (χ0v) is 13.6. The second-order valence-electron chi connectivity index (χ2n) is 6.42. The SMILES string of the molecule is O=C1NC(=O)C2(CCN(C(=O)c3ccc(-n4cccc4)cc3)CC2)N1. The highest BCUT2D eigenvalue weighted by atomic mass is 16.2. The summed E-state index contributed by atoms with van der Waals surface area (Å²) in [7, 11) is 0. The minimum atomic E-state index is -0.855. The van der Waals surface area contributed by atoms with Gasteiger partial charge in [-0.25, -0.2) is 4.79 Å². The van der Waals surface area contributed by atoms with Crippen molar-refractivity contribution >= 4 is 17.8 Å². The van der Waals surface area contributed by atoms with Crippen LogP contribution in [-0.2, 0) is 4.79 Å². The third-order valence-electron chi connectivity index (χ3n) is 4.94. The van der Waals surface area contributed by atoms with E-state index in [0.29, 0.717) is 31.5 Å². The van der Waals surface area contributed by atoms with E-state index in [-0.39, 0.29) is 11.8 Å². The standard InChI is InChI=1S/C18H18N4O3/c23-15(13-3-5-14(6-4-13)21-9-1-2-10-21)22-11-7-18(8-12-22)16(24)19-17(25)20-18/h1-6,9-10H,7-8,11-12H2,(H2,19,20,24,25). The summed E-state index contributed by atoms with van der Waals surface area (Å²) in [6.07, 6.45) is 4.75. The Balaban J connectivity index is 1.44. The van der Waals surface area contributed by atoms with Crippen molar-refractivity contribution in [2.75, 3.05) is 13.1 Å². The fraction of sp³-hybridized carbons (Fsp3) is 0.278. The van der Waals surface area contributed by atoms with Crippen LogP contribution >= 0.6 is 0 Å². The van der Waals surface area contributed by atoms with Crippen LogP contribution in [0.3, 0.4) is 0 Å². The third kappa shape index (κ3) is 2.67. The number of nitrogens with zero attached hydrogens (tertiary/aromatic N) is 2. The quantitative estimate of drug-likeness (QED) is 0.810. The van der Waals surface area contributed by atoms with Gasteiger partial charge in [-0.3, -0.25) is 14.9 Å². The van der Waals surface area contributed by atoms with Gasteiger partial charge in [0.05, 0.1) is 0 Å². The van der Waals surface area contributed by atoms with Gasteiger partial charge in [0.25, 0.3) is 11.8 Å². The number of carbonyl (C=O) groups is 3. The molecule has 0 aliphatic carbocycles. The fourth-order valence-electron chi connectivity index (χ4n) is 3.44. The van der Waals surface area contributed by atoms with Crippen LogP contribution in [0, 0.1) is 0 Å². The van der Waals surface area contributed by atoms with Crippen molar-refractivity contribution < 1.29 is 14.4 Å². The molecule has 25 heavy (non-hydrogen) atoms. The van der Waals surface area contributed by atoms with Crippen LogP contribution < -0.4 is 10.6 Å². The molecule has 1 aromatic heterocycles. The molecule has 128 valence electrons. The van der Waals surface area contributed by atoms with Crippen LogP contribution in [0.4, 0.5) is 4.79 Å². The lowest BCUT2D eigenvalue weighted by Crippen LogP contribution is -2.55. The lowest BCUT2D eigenvalue weighted by molar-refractivity contribution is -0.125. The van der Waals surface area contributed by atoms with E-state index in [1.54, 1.807) is 4.90 Å². The molecule has 4 amide bonds. The summed E-state index contributed by atoms with van der Waals surface area (Å²) in [6, 6.07) is 10.9. The Morgan fingerprint density at radius 2 is 1.64 bits per heavy atom. The van der Waals surface area contributed by atoms with Crippen molar-refractivity contribution in [2.45, 2.75) is 18.4 Å². The molecule has 0 radical (unpaired) electrons. The maximum atomic E-state index is 12.7. The van der Waals surface area contributed by atoms with Crippen molar-refractivity contribution in [3.05, 3.63) is 54.4 Å². The lowest BCUT2D eigenvalue weighted by atomic mass is 9.87. The number of rotatable bonds is 2. The fourth-order valence-corrected chi connectivity index (χ4v) is 3.44. The van der Waals surface area contributed by atoms with Gasteiger partial charge in [0.1, 0.15) is 5.54 Å². The zero-order chi connectivity index (χ0) is 17.4. The zero-order valence-electron chi connectivity index (χ0n) is 13.6. The summed E-state index contributed by atoms with van der Waals surface area (Å²) in [5.41, 5.74) is 0.753. The highest BCUT2D eigenvalue weighted by Crippen LogP contribution is 2.26. The smallest absolute Gasteiger partial charge is 0.322 e. The maximum Gasteiger partial charge on any atom is 0.322 e. The molecule has 1 spiro atoms. The lowest BCUT2D eigenvalue weighted by Gasteiger charge is -2.37. The molecule has 2 aromatic rings. The van der Waals surface area contributed by atoms with Crippen LogP contribution in [-0.4, -0.2) is 45.9 Å². The molecule has 3 heterocycles. The van der Waals surface area contributed by atoms with Crippen LogP contribution in [0.2, 0.25) is 0 Å². The summed E-state index contributed by atoms with van der Waals surface area (Å²) in [5.74, 6) is -0.348. The molecule has 4 rings (SSSR count). The Bertz CT molecular complexity index is 819. The van der Waals surface area contributed by atoms with Crippen LogP contribution in [0.1, 0.15) is 23.2 Å². The van der Waals surface area contributed by atoms with E-state index in [4.69, 9.17) is 0 Å². The highest BCUT2D eigenvalue weighted by molar-refractivity contribution is 6.07. The summed E-state index contributed by atoms with van der Waals surface area (Å²) in [6.45, 7) is 0.873. The number of amides is 4. The highest BCUT2D eigenvalue weighted by Gasteiger charge is 2.48. The number of aromatic nitrogens is 1. The molecule has 2 fully saturated rings. The van der Waals surface area contributed by atoms with Gasteiger partial charge in [-0.05, 0) is 49.2 Å². The Hall–Kier alpha value is -3.09. The number of nitrogens with one attached hydrogen (secondary N) is 2. The topological polar surface area (TPSA) is 83.4 Å². The number of carbonyl (C=O) groups excluding carboxylic acids is 3. The van der Waals surface area contributed by atoms with Gasteiger partial charge in [0, 0.05) is 36.7 Å². The molecule has 0 unspecified atom stereocenters. The molecule has 0 saturated carbocycles. The molecule has 1 aromatic carbocycles. The van der Waals surface area contributed by atoms with Crippen LogP contribution in [0.25, 0.3) is 5.69 Å². The van der Waals surface area contributed by atoms with Crippen molar-refractivity contribution in [2.24, 2.45) is 0 Å². The van der Waals surface area contributed by atoms with Crippen molar-refractivity contribution in [1.82, 2.24) is 20.1 Å². The number of hydrogen-bond donors (Lipinski definition) is 2. The average Bonchev–Trinajstić information content (AvgIpc) is 3.24. The maximum absolute atomic E-state index is 12.7. The minimum absolute atomic E-state index is 0.0568. The first-order chi connectivity index (χ1) is 12.1. The van der Waals surface area contributed by atoms with Crippen molar-refractivity contribution in [1.29, 1.82) is 0 Å². The molecular weight excluding hydrogens is 320 g/mol. The largest absolute Gasteiger partial charge is 0.338 e. The van der Waals surface area contributed by atoms with Gasteiger partial charge in [-0.15, -0.1) is 0 Å². The number of benzene rings is 1. The third-order valence-corrected chi connectivity index (χ3v) is 4.94. The predicted molar refractivity (Wildman–Crippen MR) is 90.3 cm³/mol. The van der Waals surface area contributed by atoms with Gasteiger partial charge in [-0.1, -0.05) is 0 Å². The van der Waals surface area contributed by atoms with E-state index in [1.807, 2.05) is 53.4 Å². The number of imide groups is 1. The van der Waals surface area contributed by atoms with E-state index in [9.17, 15) is 14.4 Å². The van der Waals surface area contributed by atoms with Gasteiger partial charge in [0.2, 0.25) is 0 Å². The van der Waals surface area contributed by atoms with Gasteiger partial charge < -0.3 is 14.8 Å². The summed E-state index contributed by atoms with van der Waals surface area (Å²) in [4.78, 5) is 37.7. The average molecular weight is 338 g/mol. The minimum Gasteiger partial charge on any atom is -0.338 e. The molecule has 2 N–H and O–H groups in total. The molecular formula is C18H18N4O3. The number of likely N-dealkylation sites (tertiary alicyclic amines) is 1. The Kier molecular flexibility index (Phi) is 3.56. The van der Waals surface area contributed by atoms with E-state index in [2.05, 4.69) is 10.6 Å². The second kappa shape index (κ2) is 5.77. The monoisotopic (exact) mass is 338 g/mol. The molecule has 7 nitrogen and oxygen atoms in total. The van der Waals surface area contributed by atoms with Crippen molar-refractivity contribution in [3.8, 4) is 5.69 Å². The molecule has 2 aliphatic rings. The Morgan fingerprint density at radius 1 is 1.00 bits per heavy atom. The predicted octanol–water partition coefficient (Wildman–Crippen LogP) is 1.29. The molecule has 2 saturated heterocycles.